The van der Waals surface area contributed by atoms with Crippen molar-refractivity contribution in [3.05, 3.63) is 41.6 Å². The highest BCUT2D eigenvalue weighted by Crippen LogP contribution is 2.32. The van der Waals surface area contributed by atoms with E-state index in [1.807, 2.05) is 6.92 Å². The lowest BCUT2D eigenvalue weighted by molar-refractivity contribution is 0.101. The Bertz CT molecular complexity index is 772. The standard InChI is InChI=1S/C13H13NO5S/c1-8-3-5-10(6-4-8)20(18,19)14-7-11(16)12(9(2)15)13(14)17/h3-7,16-17H,1-2H3. The number of benzene rings is 1. The number of carbonyl (C=O) groups is 1. The molecule has 1 aromatic heterocycles. The van der Waals surface area contributed by atoms with Gasteiger partial charge in [-0.25, -0.2) is 12.4 Å². The third-order valence-electron chi connectivity index (χ3n) is 2.86. The fraction of sp³-hybridized carbons (Fsp3) is 0.154. The fourth-order valence-corrected chi connectivity index (χ4v) is 3.07. The molecule has 0 saturated carbocycles. The first-order chi connectivity index (χ1) is 9.25. The van der Waals surface area contributed by atoms with E-state index in [2.05, 4.69) is 0 Å². The van der Waals surface area contributed by atoms with Gasteiger partial charge in [-0.3, -0.25) is 4.79 Å². The third kappa shape index (κ3) is 2.16. The second kappa shape index (κ2) is 4.68. The maximum atomic E-state index is 12.3. The molecule has 1 heterocycles. The van der Waals surface area contributed by atoms with Crippen LogP contribution in [0.2, 0.25) is 0 Å². The number of aromatic nitrogens is 1. The van der Waals surface area contributed by atoms with E-state index in [1.54, 1.807) is 12.1 Å². The van der Waals surface area contributed by atoms with Gasteiger partial charge in [0.25, 0.3) is 10.0 Å². The normalized spacial score (nSPS) is 11.5. The molecule has 1 aromatic carbocycles. The lowest BCUT2D eigenvalue weighted by atomic mass is 10.2. The van der Waals surface area contributed by atoms with Crippen molar-refractivity contribution in [3.63, 3.8) is 0 Å². The summed E-state index contributed by atoms with van der Waals surface area (Å²) in [5, 5.41) is 19.4. The molecule has 0 saturated heterocycles. The highest BCUT2D eigenvalue weighted by atomic mass is 32.2. The number of hydrogen-bond donors (Lipinski definition) is 2. The zero-order valence-corrected chi connectivity index (χ0v) is 11.7. The Morgan fingerprint density at radius 1 is 1.15 bits per heavy atom. The van der Waals surface area contributed by atoms with E-state index in [-0.39, 0.29) is 4.90 Å². The summed E-state index contributed by atoms with van der Waals surface area (Å²) < 4.78 is 25.2. The molecule has 0 fully saturated rings. The molecule has 20 heavy (non-hydrogen) atoms. The van der Waals surface area contributed by atoms with Gasteiger partial charge < -0.3 is 10.2 Å². The van der Waals surface area contributed by atoms with Crippen molar-refractivity contribution in [1.82, 2.24) is 3.97 Å². The van der Waals surface area contributed by atoms with Crippen LogP contribution < -0.4 is 0 Å². The van der Waals surface area contributed by atoms with E-state index in [4.69, 9.17) is 0 Å². The van der Waals surface area contributed by atoms with Crippen molar-refractivity contribution in [1.29, 1.82) is 0 Å². The minimum absolute atomic E-state index is 0.0523. The highest BCUT2D eigenvalue weighted by Gasteiger charge is 2.26. The molecular weight excluding hydrogens is 282 g/mol. The second-order valence-electron chi connectivity index (χ2n) is 4.38. The maximum Gasteiger partial charge on any atom is 0.270 e. The van der Waals surface area contributed by atoms with Gasteiger partial charge >= 0.3 is 0 Å². The SMILES string of the molecule is CC(=O)c1c(O)cn(S(=O)(=O)c2ccc(C)cc2)c1O. The lowest BCUT2D eigenvalue weighted by Crippen LogP contribution is -2.11. The molecular formula is C13H13NO5S. The molecule has 0 bridgehead atoms. The second-order valence-corrected chi connectivity index (χ2v) is 6.20. The Morgan fingerprint density at radius 2 is 1.70 bits per heavy atom. The van der Waals surface area contributed by atoms with Crippen LogP contribution in [0.3, 0.4) is 0 Å². The molecule has 0 unspecified atom stereocenters. The molecule has 2 N–H and O–H groups in total. The van der Waals surface area contributed by atoms with E-state index in [9.17, 15) is 23.4 Å². The van der Waals surface area contributed by atoms with Crippen molar-refractivity contribution < 1.29 is 23.4 Å². The number of Topliss-reactive ketones (excluding diaryl/α,β-unsaturated/α-hetero) is 1. The summed E-state index contributed by atoms with van der Waals surface area (Å²) in [6, 6.07) is 5.99. The van der Waals surface area contributed by atoms with E-state index < -0.39 is 33.0 Å². The smallest absolute Gasteiger partial charge is 0.270 e. The van der Waals surface area contributed by atoms with Gasteiger partial charge in [0.2, 0.25) is 5.88 Å². The number of ketones is 1. The van der Waals surface area contributed by atoms with Gasteiger partial charge in [-0.05, 0) is 26.0 Å². The van der Waals surface area contributed by atoms with Gasteiger partial charge in [-0.15, -0.1) is 0 Å². The van der Waals surface area contributed by atoms with Crippen LogP contribution >= 0.6 is 0 Å². The van der Waals surface area contributed by atoms with E-state index in [0.717, 1.165) is 18.7 Å². The maximum absolute atomic E-state index is 12.3. The number of aromatic hydroxyl groups is 2. The predicted molar refractivity (Wildman–Crippen MR) is 71.5 cm³/mol. The van der Waals surface area contributed by atoms with Crippen LogP contribution in [0.15, 0.2) is 35.4 Å². The first-order valence-electron chi connectivity index (χ1n) is 5.71. The van der Waals surface area contributed by atoms with Crippen molar-refractivity contribution in [2.24, 2.45) is 0 Å². The summed E-state index contributed by atoms with van der Waals surface area (Å²) >= 11 is 0. The quantitative estimate of drug-likeness (QED) is 0.839. The average molecular weight is 295 g/mol. The van der Waals surface area contributed by atoms with Crippen LogP contribution in [0.5, 0.6) is 11.6 Å². The van der Waals surface area contributed by atoms with Crippen LogP contribution in [0, 0.1) is 6.92 Å². The summed E-state index contributed by atoms with van der Waals surface area (Å²) in [4.78, 5) is 11.2. The fourth-order valence-electron chi connectivity index (χ4n) is 1.81. The topological polar surface area (TPSA) is 96.6 Å². The van der Waals surface area contributed by atoms with Crippen molar-refractivity contribution >= 4 is 15.8 Å². The Balaban J connectivity index is 2.64. The van der Waals surface area contributed by atoms with Gasteiger partial charge in [-0.2, -0.15) is 0 Å². The number of rotatable bonds is 3. The van der Waals surface area contributed by atoms with Gasteiger partial charge in [0.05, 0.1) is 11.1 Å². The molecule has 2 rings (SSSR count). The summed E-state index contributed by atoms with van der Waals surface area (Å²) in [6.45, 7) is 2.93. The molecule has 7 heteroatoms. The molecule has 0 spiro atoms. The van der Waals surface area contributed by atoms with Crippen molar-refractivity contribution in [2.45, 2.75) is 18.7 Å². The Kier molecular flexibility index (Phi) is 3.31. The monoisotopic (exact) mass is 295 g/mol. The zero-order valence-electron chi connectivity index (χ0n) is 10.9. The van der Waals surface area contributed by atoms with Crippen LogP contribution in [0.25, 0.3) is 0 Å². The van der Waals surface area contributed by atoms with Crippen LogP contribution in [0.1, 0.15) is 22.8 Å². The minimum Gasteiger partial charge on any atom is -0.505 e. The van der Waals surface area contributed by atoms with E-state index >= 15 is 0 Å². The first kappa shape index (κ1) is 14.1. The van der Waals surface area contributed by atoms with Gasteiger partial charge in [0.15, 0.2) is 5.78 Å². The Hall–Kier alpha value is -2.28. The summed E-state index contributed by atoms with van der Waals surface area (Å²) in [5.74, 6) is -2.00. The molecule has 0 aliphatic heterocycles. The molecule has 2 aromatic rings. The van der Waals surface area contributed by atoms with Crippen LogP contribution in [-0.2, 0) is 10.0 Å². The van der Waals surface area contributed by atoms with E-state index in [1.165, 1.54) is 12.1 Å². The van der Waals surface area contributed by atoms with Gasteiger partial charge in [-0.1, -0.05) is 17.7 Å². The van der Waals surface area contributed by atoms with Crippen molar-refractivity contribution in [3.8, 4) is 11.6 Å². The Morgan fingerprint density at radius 3 is 2.15 bits per heavy atom. The lowest BCUT2D eigenvalue weighted by Gasteiger charge is -2.07. The molecule has 0 aliphatic carbocycles. The minimum atomic E-state index is -4.07. The molecule has 0 atom stereocenters. The molecule has 0 aliphatic rings. The largest absolute Gasteiger partial charge is 0.505 e. The summed E-state index contributed by atoms with van der Waals surface area (Å²) in [7, 11) is -4.07. The number of nitrogens with zero attached hydrogens (tertiary/aromatic N) is 1. The molecule has 106 valence electrons. The van der Waals surface area contributed by atoms with Crippen molar-refractivity contribution in [2.75, 3.05) is 0 Å². The molecule has 0 radical (unpaired) electrons. The summed E-state index contributed by atoms with van der Waals surface area (Å²) in [5.41, 5.74) is 0.466. The number of aryl methyl sites for hydroxylation is 1. The first-order valence-corrected chi connectivity index (χ1v) is 7.15. The predicted octanol–water partition coefficient (Wildman–Crippen LogP) is 1.65. The molecule has 6 nitrogen and oxygen atoms in total. The number of hydrogen-bond acceptors (Lipinski definition) is 5. The molecule has 0 amide bonds. The average Bonchev–Trinajstić information content (AvgIpc) is 2.66. The van der Waals surface area contributed by atoms with Gasteiger partial charge in [0, 0.05) is 0 Å². The number of carbonyl (C=O) groups excluding carboxylic acids is 1. The third-order valence-corrected chi connectivity index (χ3v) is 4.52. The summed E-state index contributed by atoms with van der Waals surface area (Å²) in [6.07, 6.45) is 0.807. The highest BCUT2D eigenvalue weighted by molar-refractivity contribution is 7.90. The Labute approximate surface area is 116 Å². The van der Waals surface area contributed by atoms with Crippen LogP contribution in [-0.4, -0.2) is 28.4 Å². The van der Waals surface area contributed by atoms with E-state index in [0.29, 0.717) is 3.97 Å². The zero-order chi connectivity index (χ0) is 15.1. The van der Waals surface area contributed by atoms with Gasteiger partial charge in [0.1, 0.15) is 11.3 Å². The van der Waals surface area contributed by atoms with Crippen LogP contribution in [0.4, 0.5) is 0 Å².